The molecule has 1 aliphatic rings. The van der Waals surface area contributed by atoms with Crippen molar-refractivity contribution in [2.75, 3.05) is 6.54 Å². The number of nitrogens with one attached hydrogen (secondary N) is 1. The second kappa shape index (κ2) is 6.15. The molecule has 2 aromatic carbocycles. The number of fused-ring (bicyclic) bond motifs is 3. The van der Waals surface area contributed by atoms with Gasteiger partial charge in [0.05, 0.1) is 23.6 Å². The van der Waals surface area contributed by atoms with Gasteiger partial charge in [-0.25, -0.2) is 18.6 Å². The molecular weight excluding hydrogens is 364 g/mol. The molecule has 0 radical (unpaired) electrons. The van der Waals surface area contributed by atoms with Crippen molar-refractivity contribution in [3.8, 4) is 0 Å². The van der Waals surface area contributed by atoms with Gasteiger partial charge in [0.25, 0.3) is 5.92 Å². The molecular formula is C21H23F2N3O2. The van der Waals surface area contributed by atoms with E-state index in [0.717, 1.165) is 26.8 Å². The molecule has 0 aliphatic carbocycles. The van der Waals surface area contributed by atoms with Crippen LogP contribution in [0.1, 0.15) is 44.6 Å². The third-order valence-corrected chi connectivity index (χ3v) is 4.86. The lowest BCUT2D eigenvalue weighted by molar-refractivity contribution is -0.00248. The van der Waals surface area contributed by atoms with Crippen molar-refractivity contribution in [2.24, 2.45) is 0 Å². The van der Waals surface area contributed by atoms with Crippen LogP contribution in [0.3, 0.4) is 0 Å². The second-order valence-corrected chi connectivity index (χ2v) is 8.49. The number of hydrogen-bond acceptors (Lipinski definition) is 3. The van der Waals surface area contributed by atoms with E-state index in [1.54, 1.807) is 20.8 Å². The Hall–Kier alpha value is -2.70. The topological polar surface area (TPSA) is 58.2 Å². The third-order valence-electron chi connectivity index (χ3n) is 4.86. The Kier molecular flexibility index (Phi) is 4.10. The molecule has 1 fully saturated rings. The van der Waals surface area contributed by atoms with Gasteiger partial charge in [-0.05, 0) is 39.1 Å². The van der Waals surface area contributed by atoms with E-state index in [1.165, 1.54) is 0 Å². The van der Waals surface area contributed by atoms with Gasteiger partial charge in [-0.15, -0.1) is 0 Å². The molecule has 28 heavy (non-hydrogen) atoms. The molecule has 3 aromatic rings. The van der Waals surface area contributed by atoms with E-state index in [-0.39, 0.29) is 0 Å². The van der Waals surface area contributed by atoms with Crippen LogP contribution in [0.2, 0.25) is 0 Å². The maximum absolute atomic E-state index is 14.2. The van der Waals surface area contributed by atoms with E-state index in [0.29, 0.717) is 11.3 Å². The number of aromatic nitrogens is 2. The van der Waals surface area contributed by atoms with Crippen LogP contribution >= 0.6 is 0 Å². The summed E-state index contributed by atoms with van der Waals surface area (Å²) >= 11 is 0. The highest BCUT2D eigenvalue weighted by Crippen LogP contribution is 2.41. The van der Waals surface area contributed by atoms with Crippen LogP contribution < -0.4 is 0 Å². The molecule has 7 heteroatoms. The molecule has 1 saturated heterocycles. The Morgan fingerprint density at radius 2 is 2.04 bits per heavy atom. The molecule has 148 valence electrons. The van der Waals surface area contributed by atoms with E-state index in [2.05, 4.69) is 16.0 Å². The lowest BCUT2D eigenvalue weighted by atomic mass is 10.1. The fourth-order valence-electron chi connectivity index (χ4n) is 3.68. The number of likely N-dealkylation sites (tertiary alicyclic amines) is 1. The first-order valence-electron chi connectivity index (χ1n) is 9.29. The number of benzene rings is 2. The molecule has 2 heterocycles. The zero-order chi connectivity index (χ0) is 20.3. The van der Waals surface area contributed by atoms with Crippen LogP contribution in [-0.2, 0) is 4.74 Å². The highest BCUT2D eigenvalue weighted by Gasteiger charge is 2.50. The summed E-state index contributed by atoms with van der Waals surface area (Å²) in [4.78, 5) is 21.3. The van der Waals surface area contributed by atoms with Gasteiger partial charge in [-0.1, -0.05) is 29.8 Å². The highest BCUT2D eigenvalue weighted by molar-refractivity contribution is 6.04. The van der Waals surface area contributed by atoms with E-state index < -0.39 is 36.6 Å². The Balaban J connectivity index is 1.76. The summed E-state index contributed by atoms with van der Waals surface area (Å²) in [7, 11) is 0. The molecule has 1 amide bonds. The van der Waals surface area contributed by atoms with Crippen molar-refractivity contribution < 1.29 is 18.3 Å². The molecule has 1 N–H and O–H groups in total. The number of carbonyl (C=O) groups is 1. The Labute approximate surface area is 161 Å². The van der Waals surface area contributed by atoms with Gasteiger partial charge in [0.15, 0.2) is 0 Å². The van der Waals surface area contributed by atoms with Crippen molar-refractivity contribution in [3.63, 3.8) is 0 Å². The van der Waals surface area contributed by atoms with Crippen LogP contribution in [0.25, 0.3) is 21.8 Å². The van der Waals surface area contributed by atoms with Crippen LogP contribution in [-0.4, -0.2) is 39.0 Å². The minimum absolute atomic E-state index is 0.353. The van der Waals surface area contributed by atoms with Crippen molar-refractivity contribution >= 4 is 27.9 Å². The molecule has 0 unspecified atom stereocenters. The molecule has 0 saturated carbocycles. The number of halogens is 2. The van der Waals surface area contributed by atoms with E-state index in [1.807, 2.05) is 31.2 Å². The predicted molar refractivity (Wildman–Crippen MR) is 104 cm³/mol. The van der Waals surface area contributed by atoms with Gasteiger partial charge in [0, 0.05) is 11.8 Å². The minimum atomic E-state index is -2.99. The standard InChI is InChI=1S/C21H23F2N3O2/c1-12-5-7-14-13(9-12)6-8-15-17(14)25-18(24-15)16-10-21(22,23)11-26(16)19(27)28-20(2,3)4/h5-9,16H,10-11H2,1-4H3,(H,24,25)/t16-/m0/s1. The minimum Gasteiger partial charge on any atom is -0.444 e. The maximum Gasteiger partial charge on any atom is 0.411 e. The maximum atomic E-state index is 14.2. The van der Waals surface area contributed by atoms with Crippen molar-refractivity contribution in [1.29, 1.82) is 0 Å². The summed E-state index contributed by atoms with van der Waals surface area (Å²) < 4.78 is 33.7. The van der Waals surface area contributed by atoms with Crippen LogP contribution in [0.15, 0.2) is 30.3 Å². The smallest absolute Gasteiger partial charge is 0.411 e. The summed E-state index contributed by atoms with van der Waals surface area (Å²) in [6.07, 6.45) is -1.24. The first-order valence-corrected chi connectivity index (χ1v) is 9.29. The second-order valence-electron chi connectivity index (χ2n) is 8.49. The third kappa shape index (κ3) is 3.41. The fourth-order valence-corrected chi connectivity index (χ4v) is 3.68. The normalized spacial score (nSPS) is 19.5. The van der Waals surface area contributed by atoms with Gasteiger partial charge in [0.1, 0.15) is 11.4 Å². The summed E-state index contributed by atoms with van der Waals surface area (Å²) in [5, 5.41) is 2.01. The molecule has 5 nitrogen and oxygen atoms in total. The number of imidazole rings is 1. The monoisotopic (exact) mass is 387 g/mol. The van der Waals surface area contributed by atoms with Gasteiger partial charge in [-0.3, -0.25) is 4.90 Å². The van der Waals surface area contributed by atoms with E-state index >= 15 is 0 Å². The molecule has 0 bridgehead atoms. The Morgan fingerprint density at radius 1 is 1.29 bits per heavy atom. The molecule has 1 aliphatic heterocycles. The first-order chi connectivity index (χ1) is 13.0. The van der Waals surface area contributed by atoms with Gasteiger partial charge >= 0.3 is 6.09 Å². The quantitative estimate of drug-likeness (QED) is 0.613. The lowest BCUT2D eigenvalue weighted by Gasteiger charge is -2.27. The van der Waals surface area contributed by atoms with Crippen LogP contribution in [0, 0.1) is 6.92 Å². The van der Waals surface area contributed by atoms with Crippen molar-refractivity contribution in [2.45, 2.75) is 51.7 Å². The number of amides is 1. The largest absolute Gasteiger partial charge is 0.444 e. The predicted octanol–water partition coefficient (Wildman–Crippen LogP) is 5.34. The number of carbonyl (C=O) groups excluding carboxylic acids is 1. The van der Waals surface area contributed by atoms with Gasteiger partial charge in [0.2, 0.25) is 0 Å². The lowest BCUT2D eigenvalue weighted by Crippen LogP contribution is -2.38. The summed E-state index contributed by atoms with van der Waals surface area (Å²) in [5.41, 5.74) is 1.84. The molecule has 1 aromatic heterocycles. The number of ether oxygens (including phenoxy) is 1. The fraction of sp³-hybridized carbons (Fsp3) is 0.429. The Morgan fingerprint density at radius 3 is 2.75 bits per heavy atom. The highest BCUT2D eigenvalue weighted by atomic mass is 19.3. The zero-order valence-corrected chi connectivity index (χ0v) is 16.3. The zero-order valence-electron chi connectivity index (χ0n) is 16.3. The average molecular weight is 387 g/mol. The van der Waals surface area contributed by atoms with Crippen molar-refractivity contribution in [1.82, 2.24) is 14.9 Å². The van der Waals surface area contributed by atoms with E-state index in [9.17, 15) is 13.6 Å². The molecule has 1 atom stereocenters. The molecule has 4 rings (SSSR count). The number of rotatable bonds is 1. The van der Waals surface area contributed by atoms with Gasteiger partial charge in [-0.2, -0.15) is 0 Å². The summed E-state index contributed by atoms with van der Waals surface area (Å²) in [6.45, 7) is 6.47. The average Bonchev–Trinajstić information content (AvgIpc) is 3.13. The SMILES string of the molecule is Cc1ccc2c(ccc3nc([C@@H]4CC(F)(F)CN4C(=O)OC(C)(C)C)[nH]c32)c1. The summed E-state index contributed by atoms with van der Waals surface area (Å²) in [5.74, 6) is -2.63. The number of aromatic amines is 1. The van der Waals surface area contributed by atoms with E-state index in [4.69, 9.17) is 4.74 Å². The summed E-state index contributed by atoms with van der Waals surface area (Å²) in [6, 6.07) is 9.01. The van der Waals surface area contributed by atoms with Crippen molar-refractivity contribution in [3.05, 3.63) is 41.7 Å². The number of H-pyrrole nitrogens is 1. The van der Waals surface area contributed by atoms with Gasteiger partial charge < -0.3 is 9.72 Å². The van der Waals surface area contributed by atoms with Crippen LogP contribution in [0.5, 0.6) is 0 Å². The first kappa shape index (κ1) is 18.7. The number of alkyl halides is 2. The molecule has 0 spiro atoms. The number of hydrogen-bond donors (Lipinski definition) is 1. The Bertz CT molecular complexity index is 1070. The number of nitrogens with zero attached hydrogens (tertiary/aromatic N) is 2. The number of aryl methyl sites for hydroxylation is 1. The van der Waals surface area contributed by atoms with Crippen LogP contribution in [0.4, 0.5) is 13.6 Å².